The molecule has 0 bridgehead atoms. The monoisotopic (exact) mass is 425 g/mol. The van der Waals surface area contributed by atoms with Crippen molar-refractivity contribution in [2.45, 2.75) is 38.6 Å². The second-order valence-corrected chi connectivity index (χ2v) is 9.99. The van der Waals surface area contributed by atoms with Crippen LogP contribution in [-0.2, 0) is 19.6 Å². The predicted octanol–water partition coefficient (Wildman–Crippen LogP) is -0.824. The van der Waals surface area contributed by atoms with Gasteiger partial charge in [0.05, 0.1) is 11.9 Å². The van der Waals surface area contributed by atoms with E-state index in [0.29, 0.717) is 18.0 Å². The van der Waals surface area contributed by atoms with Gasteiger partial charge in [-0.25, -0.2) is 8.42 Å². The first-order chi connectivity index (χ1) is 13.5. The molecular formula is C20H33N4O4S+. The van der Waals surface area contributed by atoms with Crippen molar-refractivity contribution < 1.29 is 22.9 Å². The van der Waals surface area contributed by atoms with Gasteiger partial charge in [0.25, 0.3) is 11.8 Å². The summed E-state index contributed by atoms with van der Waals surface area (Å²) in [6, 6.07) is 5.38. The van der Waals surface area contributed by atoms with E-state index in [1.54, 1.807) is 31.0 Å². The Morgan fingerprint density at radius 1 is 1.10 bits per heavy atom. The molecule has 0 spiro atoms. The van der Waals surface area contributed by atoms with Gasteiger partial charge in [0.2, 0.25) is 10.0 Å². The van der Waals surface area contributed by atoms with Gasteiger partial charge in [-0.05, 0) is 39.3 Å². The van der Waals surface area contributed by atoms with Gasteiger partial charge in [-0.1, -0.05) is 17.7 Å². The lowest BCUT2D eigenvalue weighted by Crippen LogP contribution is -3.11. The number of hydrogen-bond acceptors (Lipinski definition) is 4. The van der Waals surface area contributed by atoms with Crippen LogP contribution >= 0.6 is 0 Å². The van der Waals surface area contributed by atoms with Crippen molar-refractivity contribution in [3.63, 3.8) is 0 Å². The summed E-state index contributed by atoms with van der Waals surface area (Å²) in [6.45, 7) is 9.20. The fourth-order valence-electron chi connectivity index (χ4n) is 3.49. The van der Waals surface area contributed by atoms with E-state index in [1.807, 2.05) is 26.8 Å². The number of hydrogen-bond donors (Lipinski definition) is 2. The van der Waals surface area contributed by atoms with Gasteiger partial charge >= 0.3 is 0 Å². The Hall–Kier alpha value is -1.97. The third-order valence-corrected chi connectivity index (χ3v) is 6.96. The van der Waals surface area contributed by atoms with Crippen molar-refractivity contribution in [2.24, 2.45) is 0 Å². The van der Waals surface area contributed by atoms with Crippen LogP contribution in [0.5, 0.6) is 0 Å². The minimum atomic E-state index is -3.57. The van der Waals surface area contributed by atoms with E-state index in [4.69, 9.17) is 0 Å². The molecule has 0 aliphatic carbocycles. The predicted molar refractivity (Wildman–Crippen MR) is 111 cm³/mol. The van der Waals surface area contributed by atoms with Crippen LogP contribution < -0.4 is 10.2 Å². The molecule has 1 heterocycles. The molecule has 8 nitrogen and oxygen atoms in total. The van der Waals surface area contributed by atoms with E-state index >= 15 is 0 Å². The van der Waals surface area contributed by atoms with Crippen LogP contribution in [0.15, 0.2) is 23.1 Å². The maximum atomic E-state index is 13.0. The molecule has 0 saturated carbocycles. The molecule has 2 rings (SSSR count). The number of carbonyl (C=O) groups is 2. The molecule has 0 aromatic heterocycles. The zero-order chi connectivity index (χ0) is 21.8. The Bertz CT molecular complexity index is 846. The van der Waals surface area contributed by atoms with Crippen molar-refractivity contribution in [1.82, 2.24) is 14.5 Å². The van der Waals surface area contributed by atoms with Crippen molar-refractivity contribution >= 4 is 21.8 Å². The standard InChI is InChI=1S/C20H32N4O4S/c1-15(2)21-19(25)13-22(5)14-20(26)23-8-10-24(11-9-23)29(27,28)18-7-6-16(3)12-17(18)4/h6-7,12,15H,8-11,13-14H2,1-5H3,(H,21,25)/p+1. The van der Waals surface area contributed by atoms with Gasteiger partial charge in [0, 0.05) is 32.2 Å². The Kier molecular flexibility index (Phi) is 7.79. The molecular weight excluding hydrogens is 392 g/mol. The lowest BCUT2D eigenvalue weighted by atomic mass is 10.2. The lowest BCUT2D eigenvalue weighted by Gasteiger charge is -2.34. The summed E-state index contributed by atoms with van der Waals surface area (Å²) in [4.78, 5) is 27.2. The fourth-order valence-corrected chi connectivity index (χ4v) is 5.11. The minimum absolute atomic E-state index is 0.0663. The number of nitrogens with one attached hydrogen (secondary N) is 2. The van der Waals surface area contributed by atoms with Gasteiger partial charge in [-0.2, -0.15) is 4.31 Å². The highest BCUT2D eigenvalue weighted by Crippen LogP contribution is 2.22. The number of rotatable bonds is 7. The summed E-state index contributed by atoms with van der Waals surface area (Å²) < 4.78 is 27.4. The highest BCUT2D eigenvalue weighted by molar-refractivity contribution is 7.89. The topological polar surface area (TPSA) is 91.2 Å². The Labute approximate surface area is 173 Å². The molecule has 1 aromatic rings. The number of carbonyl (C=O) groups excluding carboxylic acids is 2. The third kappa shape index (κ3) is 6.25. The normalized spacial score (nSPS) is 16.7. The first kappa shape index (κ1) is 23.3. The average molecular weight is 426 g/mol. The van der Waals surface area contributed by atoms with E-state index in [0.717, 1.165) is 16.0 Å². The van der Waals surface area contributed by atoms with Crippen LogP contribution in [0.4, 0.5) is 0 Å². The largest absolute Gasteiger partial charge is 0.349 e. The maximum Gasteiger partial charge on any atom is 0.277 e. The molecule has 1 fully saturated rings. The van der Waals surface area contributed by atoms with Crippen LogP contribution in [0.3, 0.4) is 0 Å². The number of benzene rings is 1. The molecule has 1 atom stereocenters. The molecule has 162 valence electrons. The average Bonchev–Trinajstić information content (AvgIpc) is 2.60. The van der Waals surface area contributed by atoms with E-state index in [-0.39, 0.29) is 44.0 Å². The van der Waals surface area contributed by atoms with Gasteiger partial charge in [-0.15, -0.1) is 0 Å². The van der Waals surface area contributed by atoms with Crippen molar-refractivity contribution in [1.29, 1.82) is 0 Å². The Morgan fingerprint density at radius 3 is 2.28 bits per heavy atom. The van der Waals surface area contributed by atoms with Crippen LogP contribution in [0.1, 0.15) is 25.0 Å². The number of quaternary nitrogens is 1. The molecule has 0 radical (unpaired) electrons. The number of amides is 2. The summed E-state index contributed by atoms with van der Waals surface area (Å²) in [6.07, 6.45) is 0. The molecule has 1 aromatic carbocycles. The Morgan fingerprint density at radius 2 is 1.72 bits per heavy atom. The van der Waals surface area contributed by atoms with E-state index in [1.165, 1.54) is 4.31 Å². The summed E-state index contributed by atoms with van der Waals surface area (Å²) in [5.74, 6) is -0.155. The quantitative estimate of drug-likeness (QED) is 0.597. The third-order valence-electron chi connectivity index (χ3n) is 4.90. The molecule has 9 heteroatoms. The first-order valence-corrected chi connectivity index (χ1v) is 11.4. The van der Waals surface area contributed by atoms with Crippen LogP contribution in [-0.4, -0.2) is 81.8 Å². The van der Waals surface area contributed by atoms with E-state index in [2.05, 4.69) is 5.32 Å². The van der Waals surface area contributed by atoms with Crippen LogP contribution in [0, 0.1) is 13.8 Å². The van der Waals surface area contributed by atoms with Crippen LogP contribution in [0.25, 0.3) is 0 Å². The number of nitrogens with zero attached hydrogens (tertiary/aromatic N) is 2. The number of sulfonamides is 1. The van der Waals surface area contributed by atoms with Crippen molar-refractivity contribution in [3.05, 3.63) is 29.3 Å². The Balaban J connectivity index is 1.91. The zero-order valence-electron chi connectivity index (χ0n) is 18.0. The summed E-state index contributed by atoms with van der Waals surface area (Å²) in [5, 5.41) is 2.81. The van der Waals surface area contributed by atoms with Crippen LogP contribution in [0.2, 0.25) is 0 Å². The minimum Gasteiger partial charge on any atom is -0.349 e. The summed E-state index contributed by atoms with van der Waals surface area (Å²) >= 11 is 0. The van der Waals surface area contributed by atoms with Crippen molar-refractivity contribution in [2.75, 3.05) is 46.3 Å². The van der Waals surface area contributed by atoms with Gasteiger partial charge < -0.3 is 15.1 Å². The molecule has 29 heavy (non-hydrogen) atoms. The second-order valence-electron chi connectivity index (χ2n) is 8.09. The fraction of sp³-hybridized carbons (Fsp3) is 0.600. The summed E-state index contributed by atoms with van der Waals surface area (Å²) in [5.41, 5.74) is 1.75. The lowest BCUT2D eigenvalue weighted by molar-refractivity contribution is -0.863. The van der Waals surface area contributed by atoms with E-state index in [9.17, 15) is 18.0 Å². The van der Waals surface area contributed by atoms with Gasteiger partial charge in [0.15, 0.2) is 13.1 Å². The van der Waals surface area contributed by atoms with Gasteiger partial charge in [-0.3, -0.25) is 9.59 Å². The zero-order valence-corrected chi connectivity index (χ0v) is 18.8. The highest BCUT2D eigenvalue weighted by atomic mass is 32.2. The summed E-state index contributed by atoms with van der Waals surface area (Å²) in [7, 11) is -1.77. The van der Waals surface area contributed by atoms with Gasteiger partial charge in [0.1, 0.15) is 0 Å². The van der Waals surface area contributed by atoms with E-state index < -0.39 is 10.0 Å². The number of likely N-dealkylation sites (N-methyl/N-ethyl adjacent to an activating group) is 1. The first-order valence-electron chi connectivity index (χ1n) is 9.96. The highest BCUT2D eigenvalue weighted by Gasteiger charge is 2.31. The molecule has 2 N–H and O–H groups in total. The smallest absolute Gasteiger partial charge is 0.277 e. The molecule has 1 aliphatic heterocycles. The molecule has 1 unspecified atom stereocenters. The SMILES string of the molecule is Cc1ccc(S(=O)(=O)N2CCN(C(=O)C[NH+](C)CC(=O)NC(C)C)CC2)c(C)c1. The molecule has 1 aliphatic rings. The number of aryl methyl sites for hydroxylation is 2. The number of piperazine rings is 1. The second kappa shape index (κ2) is 9.69. The molecule has 1 saturated heterocycles. The maximum absolute atomic E-state index is 13.0. The van der Waals surface area contributed by atoms with Crippen molar-refractivity contribution in [3.8, 4) is 0 Å². The molecule has 2 amide bonds.